The fraction of sp³-hybridized carbons (Fsp3) is 0.615. The number of hydrogen-bond donors (Lipinski definition) is 2. The van der Waals surface area contributed by atoms with E-state index in [4.69, 9.17) is 5.11 Å². The molecule has 20 heavy (non-hydrogen) atoms. The van der Waals surface area contributed by atoms with Gasteiger partial charge in [-0.15, -0.1) is 0 Å². The number of nitro groups is 1. The van der Waals surface area contributed by atoms with Gasteiger partial charge in [-0.3, -0.25) is 10.1 Å². The van der Waals surface area contributed by atoms with E-state index in [9.17, 15) is 10.1 Å². The number of aliphatic hydroxyl groups is 1. The summed E-state index contributed by atoms with van der Waals surface area (Å²) < 4.78 is 0. The molecule has 0 atom stereocenters. The summed E-state index contributed by atoms with van der Waals surface area (Å²) in [5, 5.41) is 23.0. The molecule has 0 saturated carbocycles. The Bertz CT molecular complexity index is 451. The molecule has 2 N–H and O–H groups in total. The first-order chi connectivity index (χ1) is 9.49. The Morgan fingerprint density at radius 3 is 2.70 bits per heavy atom. The molecule has 0 fully saturated rings. The summed E-state index contributed by atoms with van der Waals surface area (Å²) >= 11 is 0. The van der Waals surface area contributed by atoms with E-state index in [0.29, 0.717) is 31.1 Å². The number of hydrogen-bond acceptors (Lipinski definition) is 6. The summed E-state index contributed by atoms with van der Waals surface area (Å²) in [5.74, 6) is 1.05. The summed E-state index contributed by atoms with van der Waals surface area (Å²) in [5.41, 5.74) is 0.0144. The minimum absolute atomic E-state index is 0.0144. The highest BCUT2D eigenvalue weighted by Crippen LogP contribution is 2.24. The van der Waals surface area contributed by atoms with Crippen molar-refractivity contribution in [1.29, 1.82) is 0 Å². The van der Waals surface area contributed by atoms with Crippen molar-refractivity contribution in [2.24, 2.45) is 0 Å². The second-order valence-electron chi connectivity index (χ2n) is 4.72. The normalized spacial score (nSPS) is 10.7. The van der Waals surface area contributed by atoms with Crippen LogP contribution in [0.3, 0.4) is 0 Å². The molecule has 1 heterocycles. The van der Waals surface area contributed by atoms with E-state index in [1.807, 2.05) is 25.7 Å². The fourth-order valence-electron chi connectivity index (χ4n) is 1.90. The van der Waals surface area contributed by atoms with Crippen LogP contribution in [0.1, 0.15) is 27.2 Å². The van der Waals surface area contributed by atoms with E-state index in [0.717, 1.165) is 0 Å². The van der Waals surface area contributed by atoms with Crippen LogP contribution >= 0.6 is 0 Å². The predicted octanol–water partition coefficient (Wildman–Crippen LogP) is 2.02. The van der Waals surface area contributed by atoms with E-state index < -0.39 is 4.92 Å². The molecule has 1 aromatic heterocycles. The molecule has 0 spiro atoms. The number of aromatic nitrogens is 1. The molecule has 7 heteroatoms. The first-order valence-corrected chi connectivity index (χ1v) is 6.77. The fourth-order valence-corrected chi connectivity index (χ4v) is 1.90. The lowest BCUT2D eigenvalue weighted by Crippen LogP contribution is -2.33. The average Bonchev–Trinajstić information content (AvgIpc) is 2.39. The zero-order chi connectivity index (χ0) is 15.1. The highest BCUT2D eigenvalue weighted by molar-refractivity contribution is 5.56. The molecular weight excluding hydrogens is 260 g/mol. The number of anilines is 2. The Labute approximate surface area is 118 Å². The van der Waals surface area contributed by atoms with E-state index in [-0.39, 0.29) is 18.3 Å². The molecule has 0 aliphatic carbocycles. The van der Waals surface area contributed by atoms with Gasteiger partial charge >= 0.3 is 0 Å². The van der Waals surface area contributed by atoms with Crippen LogP contribution in [-0.2, 0) is 0 Å². The molecule has 1 aromatic rings. The Morgan fingerprint density at radius 2 is 2.20 bits per heavy atom. The van der Waals surface area contributed by atoms with E-state index in [1.54, 1.807) is 0 Å². The van der Waals surface area contributed by atoms with Crippen LogP contribution in [0, 0.1) is 10.1 Å². The smallest absolute Gasteiger partial charge is 0.276 e. The lowest BCUT2D eigenvalue weighted by molar-refractivity contribution is -0.384. The Balaban J connectivity index is 3.14. The minimum Gasteiger partial charge on any atom is -0.396 e. The molecule has 112 valence electrons. The van der Waals surface area contributed by atoms with Crippen LogP contribution < -0.4 is 10.2 Å². The average molecular weight is 282 g/mol. The number of aliphatic hydroxyl groups excluding tert-OH is 1. The van der Waals surface area contributed by atoms with Gasteiger partial charge in [0.15, 0.2) is 0 Å². The van der Waals surface area contributed by atoms with Gasteiger partial charge in [-0.05, 0) is 27.2 Å². The van der Waals surface area contributed by atoms with Crippen LogP contribution in [0.25, 0.3) is 0 Å². The highest BCUT2D eigenvalue weighted by atomic mass is 16.6. The minimum atomic E-state index is -0.420. The Morgan fingerprint density at radius 1 is 1.50 bits per heavy atom. The summed E-state index contributed by atoms with van der Waals surface area (Å²) in [7, 11) is 0. The maximum Gasteiger partial charge on any atom is 0.276 e. The maximum atomic E-state index is 11.0. The van der Waals surface area contributed by atoms with Gasteiger partial charge in [0.1, 0.15) is 11.6 Å². The van der Waals surface area contributed by atoms with Gasteiger partial charge < -0.3 is 15.3 Å². The van der Waals surface area contributed by atoms with E-state index in [1.165, 1.54) is 12.1 Å². The third-order valence-electron chi connectivity index (χ3n) is 2.84. The van der Waals surface area contributed by atoms with Crippen LogP contribution in [0.4, 0.5) is 17.3 Å². The molecule has 0 amide bonds. The zero-order valence-corrected chi connectivity index (χ0v) is 12.2. The second kappa shape index (κ2) is 7.64. The molecule has 0 aliphatic heterocycles. The summed E-state index contributed by atoms with van der Waals surface area (Å²) in [6.45, 7) is 7.22. The van der Waals surface area contributed by atoms with Gasteiger partial charge in [0.05, 0.1) is 17.1 Å². The topological polar surface area (TPSA) is 91.5 Å². The number of nitrogens with zero attached hydrogens (tertiary/aromatic N) is 3. The lowest BCUT2D eigenvalue weighted by Gasteiger charge is -2.27. The van der Waals surface area contributed by atoms with Crippen molar-refractivity contribution in [3.05, 3.63) is 22.2 Å². The van der Waals surface area contributed by atoms with Gasteiger partial charge in [-0.2, -0.15) is 0 Å². The van der Waals surface area contributed by atoms with Gasteiger partial charge in [0.25, 0.3) is 5.69 Å². The quantitative estimate of drug-likeness (QED) is 0.560. The van der Waals surface area contributed by atoms with E-state index in [2.05, 4.69) is 10.3 Å². The predicted molar refractivity (Wildman–Crippen MR) is 79.2 cm³/mol. The van der Waals surface area contributed by atoms with Crippen molar-refractivity contribution < 1.29 is 10.0 Å². The highest BCUT2D eigenvalue weighted by Gasteiger charge is 2.17. The SMILES string of the molecule is CCNc1cc([N+](=O)[O-])cc(N(CCCO)C(C)C)n1. The van der Waals surface area contributed by atoms with Crippen molar-refractivity contribution >= 4 is 17.3 Å². The van der Waals surface area contributed by atoms with Crippen LogP contribution in [-0.4, -0.2) is 40.8 Å². The van der Waals surface area contributed by atoms with Gasteiger partial charge in [-0.25, -0.2) is 4.98 Å². The number of pyridine rings is 1. The maximum absolute atomic E-state index is 11.0. The molecule has 0 unspecified atom stereocenters. The molecule has 0 aliphatic rings. The molecule has 7 nitrogen and oxygen atoms in total. The third-order valence-corrected chi connectivity index (χ3v) is 2.84. The van der Waals surface area contributed by atoms with Gasteiger partial charge in [0.2, 0.25) is 0 Å². The monoisotopic (exact) mass is 282 g/mol. The molecule has 0 bridgehead atoms. The van der Waals surface area contributed by atoms with Gasteiger partial charge in [0, 0.05) is 25.7 Å². The van der Waals surface area contributed by atoms with Gasteiger partial charge in [-0.1, -0.05) is 0 Å². The van der Waals surface area contributed by atoms with Crippen molar-refractivity contribution in [1.82, 2.24) is 4.98 Å². The lowest BCUT2D eigenvalue weighted by atomic mass is 10.2. The van der Waals surface area contributed by atoms with E-state index >= 15 is 0 Å². The second-order valence-corrected chi connectivity index (χ2v) is 4.72. The molecule has 0 saturated heterocycles. The largest absolute Gasteiger partial charge is 0.396 e. The van der Waals surface area contributed by atoms with Crippen LogP contribution in [0.15, 0.2) is 12.1 Å². The Hall–Kier alpha value is -1.89. The Kier molecular flexibility index (Phi) is 6.17. The first-order valence-electron chi connectivity index (χ1n) is 6.77. The van der Waals surface area contributed by atoms with Crippen LogP contribution in [0.5, 0.6) is 0 Å². The summed E-state index contributed by atoms with van der Waals surface area (Å²) in [4.78, 5) is 16.9. The zero-order valence-electron chi connectivity index (χ0n) is 12.2. The number of nitrogens with one attached hydrogen (secondary N) is 1. The van der Waals surface area contributed by atoms with Crippen molar-refractivity contribution in [2.75, 3.05) is 29.9 Å². The van der Waals surface area contributed by atoms with Crippen molar-refractivity contribution in [3.63, 3.8) is 0 Å². The standard InChI is InChI=1S/C13H22N4O3/c1-4-14-12-8-11(17(19)20)9-13(15-12)16(10(2)3)6-5-7-18/h8-10,18H,4-7H2,1-3H3,(H,14,15). The summed E-state index contributed by atoms with van der Waals surface area (Å²) in [6.07, 6.45) is 0.596. The molecule has 0 radical (unpaired) electrons. The molecular formula is C13H22N4O3. The molecule has 1 rings (SSSR count). The molecule has 0 aromatic carbocycles. The first kappa shape index (κ1) is 16.2. The third kappa shape index (κ3) is 4.34. The van der Waals surface area contributed by atoms with Crippen LogP contribution in [0.2, 0.25) is 0 Å². The summed E-state index contributed by atoms with van der Waals surface area (Å²) in [6, 6.07) is 3.04. The van der Waals surface area contributed by atoms with Crippen molar-refractivity contribution in [2.45, 2.75) is 33.2 Å². The number of rotatable bonds is 8. The van der Waals surface area contributed by atoms with Crippen molar-refractivity contribution in [3.8, 4) is 0 Å².